The maximum absolute atomic E-state index is 11.1. The van der Waals surface area contributed by atoms with Crippen LogP contribution in [0.3, 0.4) is 0 Å². The zero-order chi connectivity index (χ0) is 11.1. The van der Waals surface area contributed by atoms with Crippen LogP contribution in [0.1, 0.15) is 19.8 Å². The first-order valence-corrected chi connectivity index (χ1v) is 5.45. The van der Waals surface area contributed by atoms with E-state index in [9.17, 15) is 4.79 Å². The van der Waals surface area contributed by atoms with Gasteiger partial charge in [0.25, 0.3) is 0 Å². The van der Waals surface area contributed by atoms with E-state index in [1.54, 1.807) is 6.92 Å². The van der Waals surface area contributed by atoms with Gasteiger partial charge in [0.15, 0.2) is 0 Å². The van der Waals surface area contributed by atoms with Gasteiger partial charge in [-0.15, -0.1) is 0 Å². The molecule has 0 heterocycles. The minimum atomic E-state index is -0.258. The summed E-state index contributed by atoms with van der Waals surface area (Å²) in [5, 5.41) is 13.9. The molecule has 1 atom stereocenters. The number of ether oxygens (including phenoxy) is 1. The smallest absolute Gasteiger partial charge is 0.315 e. The van der Waals surface area contributed by atoms with E-state index in [1.165, 1.54) is 12.8 Å². The highest BCUT2D eigenvalue weighted by Gasteiger charge is 2.20. The Bertz CT molecular complexity index is 195. The molecule has 3 N–H and O–H groups in total. The van der Waals surface area contributed by atoms with Crippen LogP contribution >= 0.6 is 0 Å². The van der Waals surface area contributed by atoms with Gasteiger partial charge in [0, 0.05) is 13.2 Å². The van der Waals surface area contributed by atoms with Crippen LogP contribution < -0.4 is 10.6 Å². The first-order chi connectivity index (χ1) is 7.22. The van der Waals surface area contributed by atoms with E-state index in [2.05, 4.69) is 10.6 Å². The molecule has 0 radical (unpaired) electrons. The lowest BCUT2D eigenvalue weighted by molar-refractivity contribution is 0.126. The van der Waals surface area contributed by atoms with Gasteiger partial charge in [-0.05, 0) is 25.7 Å². The average molecular weight is 216 g/mol. The van der Waals surface area contributed by atoms with Crippen LogP contribution in [0.5, 0.6) is 0 Å². The van der Waals surface area contributed by atoms with E-state index in [0.29, 0.717) is 13.2 Å². The van der Waals surface area contributed by atoms with Crippen LogP contribution in [0.2, 0.25) is 0 Å². The number of nitrogens with one attached hydrogen (secondary N) is 2. The first kappa shape index (κ1) is 12.3. The second kappa shape index (κ2) is 6.63. The summed E-state index contributed by atoms with van der Waals surface area (Å²) in [6.45, 7) is 3.57. The van der Waals surface area contributed by atoms with Crippen molar-refractivity contribution < 1.29 is 14.6 Å². The standard InChI is InChI=1S/C10H20N2O3/c1-8(6-13)12-10(14)11-4-5-15-7-9-2-3-9/h8-9,13H,2-7H2,1H3,(H2,11,12,14). The molecule has 1 fully saturated rings. The molecule has 0 aromatic rings. The Kier molecular flexibility index (Phi) is 5.42. The summed E-state index contributed by atoms with van der Waals surface area (Å²) in [5.41, 5.74) is 0. The van der Waals surface area contributed by atoms with Gasteiger partial charge >= 0.3 is 6.03 Å². The van der Waals surface area contributed by atoms with Gasteiger partial charge in [-0.25, -0.2) is 4.79 Å². The van der Waals surface area contributed by atoms with Crippen LogP contribution in [0.25, 0.3) is 0 Å². The van der Waals surface area contributed by atoms with Crippen molar-refractivity contribution in [2.24, 2.45) is 5.92 Å². The van der Waals surface area contributed by atoms with Gasteiger partial charge in [0.1, 0.15) is 0 Å². The number of urea groups is 1. The summed E-state index contributed by atoms with van der Waals surface area (Å²) in [6, 6.07) is -0.469. The molecular weight excluding hydrogens is 196 g/mol. The van der Waals surface area contributed by atoms with E-state index in [1.807, 2.05) is 0 Å². The molecule has 0 bridgehead atoms. The number of carbonyl (C=O) groups is 1. The van der Waals surface area contributed by atoms with E-state index < -0.39 is 0 Å². The molecule has 1 aliphatic carbocycles. The molecule has 0 aromatic heterocycles. The predicted octanol–water partition coefficient (Wildman–Crippen LogP) is 0.0930. The molecule has 0 spiro atoms. The highest BCUT2D eigenvalue weighted by atomic mass is 16.5. The SMILES string of the molecule is CC(CO)NC(=O)NCCOCC1CC1. The molecule has 1 unspecified atom stereocenters. The molecule has 5 nitrogen and oxygen atoms in total. The summed E-state index contributed by atoms with van der Waals surface area (Å²) in [5.74, 6) is 0.758. The van der Waals surface area contributed by atoms with Gasteiger partial charge in [-0.1, -0.05) is 0 Å². The maximum atomic E-state index is 11.1. The highest BCUT2D eigenvalue weighted by molar-refractivity contribution is 5.74. The number of aliphatic hydroxyl groups excluding tert-OH is 1. The van der Waals surface area contributed by atoms with Crippen molar-refractivity contribution in [2.75, 3.05) is 26.4 Å². The van der Waals surface area contributed by atoms with E-state index in [-0.39, 0.29) is 18.7 Å². The Morgan fingerprint density at radius 1 is 1.60 bits per heavy atom. The van der Waals surface area contributed by atoms with Crippen LogP contribution in [0, 0.1) is 5.92 Å². The number of carbonyl (C=O) groups excluding carboxylic acids is 1. The summed E-state index contributed by atoms with van der Waals surface area (Å²) in [4.78, 5) is 11.1. The summed E-state index contributed by atoms with van der Waals surface area (Å²) < 4.78 is 5.35. The Morgan fingerprint density at radius 3 is 2.93 bits per heavy atom. The van der Waals surface area contributed by atoms with Crippen molar-refractivity contribution in [2.45, 2.75) is 25.8 Å². The molecule has 88 valence electrons. The topological polar surface area (TPSA) is 70.6 Å². The lowest BCUT2D eigenvalue weighted by Gasteiger charge is -2.11. The van der Waals surface area contributed by atoms with Crippen molar-refractivity contribution in [3.63, 3.8) is 0 Å². The number of aliphatic hydroxyl groups is 1. The maximum Gasteiger partial charge on any atom is 0.315 e. The first-order valence-electron chi connectivity index (χ1n) is 5.45. The van der Waals surface area contributed by atoms with Gasteiger partial charge in [0.2, 0.25) is 0 Å². The zero-order valence-electron chi connectivity index (χ0n) is 9.16. The Morgan fingerprint density at radius 2 is 2.33 bits per heavy atom. The third-order valence-corrected chi connectivity index (χ3v) is 2.23. The zero-order valence-corrected chi connectivity index (χ0v) is 9.16. The van der Waals surface area contributed by atoms with Crippen molar-refractivity contribution in [1.29, 1.82) is 0 Å². The predicted molar refractivity (Wildman–Crippen MR) is 56.6 cm³/mol. The lowest BCUT2D eigenvalue weighted by Crippen LogP contribution is -2.43. The van der Waals surface area contributed by atoms with Crippen LogP contribution in [0.4, 0.5) is 4.79 Å². The molecule has 1 saturated carbocycles. The van der Waals surface area contributed by atoms with Crippen LogP contribution in [0.15, 0.2) is 0 Å². The van der Waals surface area contributed by atoms with Gasteiger partial charge in [-0.2, -0.15) is 0 Å². The van der Waals surface area contributed by atoms with Gasteiger partial charge in [-0.3, -0.25) is 0 Å². The Hall–Kier alpha value is -0.810. The molecule has 0 aromatic carbocycles. The van der Waals surface area contributed by atoms with Crippen molar-refractivity contribution in [3.8, 4) is 0 Å². The minimum absolute atomic E-state index is 0.0500. The van der Waals surface area contributed by atoms with Crippen LogP contribution in [-0.4, -0.2) is 43.5 Å². The molecule has 2 amide bonds. The number of hydrogen-bond donors (Lipinski definition) is 3. The molecular formula is C10H20N2O3. The van der Waals surface area contributed by atoms with Gasteiger partial charge < -0.3 is 20.5 Å². The Labute approximate surface area is 90.2 Å². The fourth-order valence-corrected chi connectivity index (χ4v) is 1.09. The second-order valence-electron chi connectivity index (χ2n) is 4.00. The summed E-state index contributed by atoms with van der Waals surface area (Å²) >= 11 is 0. The van der Waals surface area contributed by atoms with Crippen molar-refractivity contribution >= 4 is 6.03 Å². The normalized spacial score (nSPS) is 17.2. The minimum Gasteiger partial charge on any atom is -0.394 e. The monoisotopic (exact) mass is 216 g/mol. The quantitative estimate of drug-likeness (QED) is 0.528. The van der Waals surface area contributed by atoms with E-state index >= 15 is 0 Å². The molecule has 1 rings (SSSR count). The molecule has 15 heavy (non-hydrogen) atoms. The number of hydrogen-bond acceptors (Lipinski definition) is 3. The lowest BCUT2D eigenvalue weighted by atomic mass is 10.4. The molecule has 0 saturated heterocycles. The molecule has 1 aliphatic rings. The Balaban J connectivity index is 1.87. The number of amides is 2. The number of rotatable bonds is 7. The summed E-state index contributed by atoms with van der Waals surface area (Å²) in [6.07, 6.45) is 2.56. The van der Waals surface area contributed by atoms with E-state index in [0.717, 1.165) is 12.5 Å². The third kappa shape index (κ3) is 6.30. The van der Waals surface area contributed by atoms with Crippen molar-refractivity contribution in [1.82, 2.24) is 10.6 Å². The van der Waals surface area contributed by atoms with Crippen molar-refractivity contribution in [3.05, 3.63) is 0 Å². The van der Waals surface area contributed by atoms with E-state index in [4.69, 9.17) is 9.84 Å². The largest absolute Gasteiger partial charge is 0.394 e. The van der Waals surface area contributed by atoms with Gasteiger partial charge in [0.05, 0.1) is 19.3 Å². The highest BCUT2D eigenvalue weighted by Crippen LogP contribution is 2.28. The molecule has 0 aliphatic heterocycles. The molecule has 5 heteroatoms. The second-order valence-corrected chi connectivity index (χ2v) is 4.00. The van der Waals surface area contributed by atoms with Crippen LogP contribution in [-0.2, 0) is 4.74 Å². The third-order valence-electron chi connectivity index (χ3n) is 2.23. The fraction of sp³-hybridized carbons (Fsp3) is 0.900. The summed E-state index contributed by atoms with van der Waals surface area (Å²) in [7, 11) is 0. The fourth-order valence-electron chi connectivity index (χ4n) is 1.09. The average Bonchev–Trinajstić information content (AvgIpc) is 3.01.